The molecule has 0 amide bonds. The lowest BCUT2D eigenvalue weighted by Crippen LogP contribution is -2.68. The standard InChI is InChI=1S/C27H30O3Si/c1-20-24(21-14-8-5-9-15-21)29-26(28)25(20)30-31(27(2,3)4,22-16-10-6-11-17-22)23-18-12-7-13-19-23/h5-20,24-25H,1-4H3/t20-,24-,25+/m1/s1. The number of hydrogen-bond donors (Lipinski definition) is 0. The van der Waals surface area contributed by atoms with Crippen LogP contribution in [0, 0.1) is 5.92 Å². The Morgan fingerprint density at radius 1 is 0.774 bits per heavy atom. The summed E-state index contributed by atoms with van der Waals surface area (Å²) < 4.78 is 12.9. The summed E-state index contributed by atoms with van der Waals surface area (Å²) in [6.45, 7) is 8.72. The third-order valence-corrected chi connectivity index (χ3v) is 11.3. The molecular formula is C27H30O3Si. The van der Waals surface area contributed by atoms with Gasteiger partial charge in [-0.05, 0) is 21.0 Å². The Morgan fingerprint density at radius 2 is 1.23 bits per heavy atom. The van der Waals surface area contributed by atoms with Crippen molar-refractivity contribution < 1.29 is 14.0 Å². The van der Waals surface area contributed by atoms with Crippen molar-refractivity contribution in [1.29, 1.82) is 0 Å². The minimum Gasteiger partial charge on any atom is -0.455 e. The summed E-state index contributed by atoms with van der Waals surface area (Å²) in [6.07, 6.45) is -0.909. The Bertz CT molecular complexity index is 973. The molecule has 4 rings (SSSR count). The third-order valence-electron chi connectivity index (χ3n) is 6.28. The van der Waals surface area contributed by atoms with Crippen LogP contribution in [0.2, 0.25) is 5.04 Å². The van der Waals surface area contributed by atoms with E-state index in [-0.39, 0.29) is 23.0 Å². The first kappa shape index (κ1) is 21.5. The second kappa shape index (κ2) is 8.44. The van der Waals surface area contributed by atoms with Gasteiger partial charge < -0.3 is 9.16 Å². The highest BCUT2D eigenvalue weighted by atomic mass is 28.4. The van der Waals surface area contributed by atoms with Gasteiger partial charge >= 0.3 is 5.97 Å². The van der Waals surface area contributed by atoms with Gasteiger partial charge in [-0.15, -0.1) is 0 Å². The maximum Gasteiger partial charge on any atom is 0.335 e. The van der Waals surface area contributed by atoms with Gasteiger partial charge in [-0.2, -0.15) is 0 Å². The molecule has 0 aromatic heterocycles. The van der Waals surface area contributed by atoms with Crippen LogP contribution in [0.5, 0.6) is 0 Å². The van der Waals surface area contributed by atoms with Crippen LogP contribution in [0.4, 0.5) is 0 Å². The van der Waals surface area contributed by atoms with Crippen LogP contribution in [0.25, 0.3) is 0 Å². The topological polar surface area (TPSA) is 35.5 Å². The smallest absolute Gasteiger partial charge is 0.335 e. The van der Waals surface area contributed by atoms with Crippen LogP contribution in [-0.4, -0.2) is 20.4 Å². The fraction of sp³-hybridized carbons (Fsp3) is 0.296. The Morgan fingerprint density at radius 3 is 1.68 bits per heavy atom. The van der Waals surface area contributed by atoms with E-state index in [2.05, 4.69) is 76.2 Å². The van der Waals surface area contributed by atoms with Crippen LogP contribution < -0.4 is 10.4 Å². The molecule has 3 atom stereocenters. The predicted molar refractivity (Wildman–Crippen MR) is 127 cm³/mol. The van der Waals surface area contributed by atoms with Crippen molar-refractivity contribution >= 4 is 24.7 Å². The molecule has 4 heteroatoms. The first-order valence-electron chi connectivity index (χ1n) is 10.9. The van der Waals surface area contributed by atoms with Gasteiger partial charge in [0.05, 0.1) is 0 Å². The minimum atomic E-state index is -2.83. The van der Waals surface area contributed by atoms with Crippen molar-refractivity contribution in [2.24, 2.45) is 5.92 Å². The highest BCUT2D eigenvalue weighted by Crippen LogP contribution is 2.43. The highest BCUT2D eigenvalue weighted by molar-refractivity contribution is 6.99. The first-order valence-corrected chi connectivity index (χ1v) is 12.8. The predicted octanol–water partition coefficient (Wildman–Crippen LogP) is 4.87. The Labute approximate surface area is 186 Å². The molecular weight excluding hydrogens is 400 g/mol. The van der Waals surface area contributed by atoms with Crippen LogP contribution >= 0.6 is 0 Å². The molecule has 31 heavy (non-hydrogen) atoms. The summed E-state index contributed by atoms with van der Waals surface area (Å²) in [5, 5.41) is 2.13. The molecule has 1 fully saturated rings. The van der Waals surface area contributed by atoms with E-state index >= 15 is 0 Å². The van der Waals surface area contributed by atoms with E-state index in [1.54, 1.807) is 0 Å². The third kappa shape index (κ3) is 3.86. The second-order valence-electron chi connectivity index (χ2n) is 9.33. The molecule has 0 spiro atoms. The van der Waals surface area contributed by atoms with Gasteiger partial charge in [0.1, 0.15) is 6.10 Å². The Balaban J connectivity index is 1.81. The van der Waals surface area contributed by atoms with Crippen LogP contribution in [-0.2, 0) is 14.0 Å². The van der Waals surface area contributed by atoms with Gasteiger partial charge in [0.25, 0.3) is 8.32 Å². The largest absolute Gasteiger partial charge is 0.455 e. The molecule has 1 heterocycles. The zero-order valence-electron chi connectivity index (χ0n) is 18.6. The molecule has 160 valence electrons. The summed E-state index contributed by atoms with van der Waals surface area (Å²) in [5.74, 6) is -0.356. The van der Waals surface area contributed by atoms with Crippen LogP contribution in [0.1, 0.15) is 39.4 Å². The van der Waals surface area contributed by atoms with Crippen molar-refractivity contribution in [3.63, 3.8) is 0 Å². The lowest BCUT2D eigenvalue weighted by Gasteiger charge is -2.44. The van der Waals surface area contributed by atoms with Crippen LogP contribution in [0.15, 0.2) is 91.0 Å². The summed E-state index contributed by atoms with van der Waals surface area (Å²) in [7, 11) is -2.83. The zero-order chi connectivity index (χ0) is 22.1. The monoisotopic (exact) mass is 430 g/mol. The lowest BCUT2D eigenvalue weighted by molar-refractivity contribution is -0.146. The van der Waals surface area contributed by atoms with Crippen molar-refractivity contribution in [2.45, 2.75) is 44.9 Å². The number of rotatable bonds is 5. The molecule has 0 radical (unpaired) electrons. The van der Waals surface area contributed by atoms with Crippen molar-refractivity contribution in [2.75, 3.05) is 0 Å². The molecule has 0 saturated carbocycles. The molecule has 3 aromatic rings. The fourth-order valence-electron chi connectivity index (χ4n) is 4.72. The maximum atomic E-state index is 13.1. The summed E-state index contributed by atoms with van der Waals surface area (Å²) >= 11 is 0. The molecule has 1 aliphatic heterocycles. The molecule has 1 aliphatic rings. The minimum absolute atomic E-state index is 0.0865. The SMILES string of the molecule is C[C@H]1[C@H](O[Si](c2ccccc2)(c2ccccc2)C(C)(C)C)C(=O)O[C@H]1c1ccccc1. The molecule has 1 saturated heterocycles. The zero-order valence-corrected chi connectivity index (χ0v) is 19.6. The molecule has 3 nitrogen and oxygen atoms in total. The molecule has 0 bridgehead atoms. The maximum absolute atomic E-state index is 13.1. The van der Waals surface area contributed by atoms with Gasteiger partial charge in [0, 0.05) is 5.92 Å². The quantitative estimate of drug-likeness (QED) is 0.428. The molecule has 0 unspecified atom stereocenters. The number of esters is 1. The van der Waals surface area contributed by atoms with Crippen molar-refractivity contribution in [3.8, 4) is 0 Å². The Hall–Kier alpha value is -2.69. The Kier molecular flexibility index (Phi) is 5.87. The van der Waals surface area contributed by atoms with Gasteiger partial charge in [-0.1, -0.05) is 119 Å². The van der Waals surface area contributed by atoms with Gasteiger partial charge in [0.2, 0.25) is 0 Å². The first-order chi connectivity index (χ1) is 14.8. The normalized spacial score (nSPS) is 21.7. The number of cyclic esters (lactones) is 1. The van der Waals surface area contributed by atoms with Crippen molar-refractivity contribution in [3.05, 3.63) is 96.6 Å². The lowest BCUT2D eigenvalue weighted by atomic mass is 9.95. The van der Waals surface area contributed by atoms with Gasteiger partial charge in [-0.3, -0.25) is 0 Å². The average molecular weight is 431 g/mol. The van der Waals surface area contributed by atoms with E-state index in [0.29, 0.717) is 0 Å². The number of benzene rings is 3. The second-order valence-corrected chi connectivity index (χ2v) is 13.6. The van der Waals surface area contributed by atoms with Gasteiger partial charge in [0.15, 0.2) is 6.10 Å². The van der Waals surface area contributed by atoms with E-state index in [1.807, 2.05) is 42.5 Å². The van der Waals surface area contributed by atoms with Gasteiger partial charge in [-0.25, -0.2) is 4.79 Å². The summed E-state index contributed by atoms with van der Waals surface area (Å²) in [5.41, 5.74) is 1.01. The number of hydrogen-bond acceptors (Lipinski definition) is 3. The van der Waals surface area contributed by atoms with E-state index in [9.17, 15) is 4.79 Å². The van der Waals surface area contributed by atoms with E-state index in [0.717, 1.165) is 15.9 Å². The average Bonchev–Trinajstić information content (AvgIpc) is 3.06. The molecule has 0 aliphatic carbocycles. The summed E-state index contributed by atoms with van der Waals surface area (Å²) in [4.78, 5) is 13.1. The molecule has 3 aromatic carbocycles. The number of ether oxygens (including phenoxy) is 1. The number of carbonyl (C=O) groups excluding carboxylic acids is 1. The molecule has 0 N–H and O–H groups in total. The van der Waals surface area contributed by atoms with E-state index < -0.39 is 14.4 Å². The number of carbonyl (C=O) groups is 1. The highest BCUT2D eigenvalue weighted by Gasteiger charge is 2.55. The van der Waals surface area contributed by atoms with E-state index in [1.165, 1.54) is 0 Å². The summed E-state index contributed by atoms with van der Waals surface area (Å²) in [6, 6.07) is 30.8. The van der Waals surface area contributed by atoms with E-state index in [4.69, 9.17) is 9.16 Å². The van der Waals surface area contributed by atoms with Crippen molar-refractivity contribution in [1.82, 2.24) is 0 Å². The fourth-order valence-corrected chi connectivity index (χ4v) is 9.43. The van der Waals surface area contributed by atoms with Crippen LogP contribution in [0.3, 0.4) is 0 Å².